The second-order valence-corrected chi connectivity index (χ2v) is 4.47. The Morgan fingerprint density at radius 3 is 2.94 bits per heavy atom. The third-order valence-corrected chi connectivity index (χ3v) is 2.91. The normalized spacial score (nSPS) is 23.8. The molecule has 1 fully saturated rings. The Morgan fingerprint density at radius 1 is 1.50 bits per heavy atom. The van der Waals surface area contributed by atoms with Crippen molar-refractivity contribution in [2.45, 2.75) is 19.1 Å². The lowest BCUT2D eigenvalue weighted by molar-refractivity contribution is -0.0421. The van der Waals surface area contributed by atoms with Crippen LogP contribution in [0.5, 0.6) is 0 Å². The number of morpholine rings is 1. The van der Waals surface area contributed by atoms with Crippen LogP contribution in [0.2, 0.25) is 0 Å². The Labute approximate surface area is 105 Å². The number of hydrogen-bond acceptors (Lipinski definition) is 4. The van der Waals surface area contributed by atoms with Crippen LogP contribution in [0.1, 0.15) is 12.5 Å². The van der Waals surface area contributed by atoms with Crippen LogP contribution in [-0.2, 0) is 4.74 Å². The molecule has 1 aromatic rings. The van der Waals surface area contributed by atoms with Crippen LogP contribution in [-0.4, -0.2) is 37.0 Å². The first-order valence-electron chi connectivity index (χ1n) is 5.84. The molecular weight excluding hydrogens is 235 g/mol. The standard InChI is InChI=1S/C13H15FN2O2/c1-9-6-16(7-13(8-17)18-9)12-3-10(5-15)2-11(14)4-12/h2-4,9,13,17H,6-8H2,1H3. The number of nitrogens with zero attached hydrogens (tertiary/aromatic N) is 2. The molecule has 4 nitrogen and oxygen atoms in total. The Hall–Kier alpha value is -1.64. The molecule has 0 spiro atoms. The fourth-order valence-corrected chi connectivity index (χ4v) is 2.18. The van der Waals surface area contributed by atoms with Gasteiger partial charge < -0.3 is 14.7 Å². The first kappa shape index (κ1) is 12.8. The van der Waals surface area contributed by atoms with Gasteiger partial charge in [0.05, 0.1) is 30.4 Å². The minimum absolute atomic E-state index is 0.0373. The van der Waals surface area contributed by atoms with Crippen molar-refractivity contribution in [1.29, 1.82) is 5.26 Å². The number of aliphatic hydroxyl groups excluding tert-OH is 1. The van der Waals surface area contributed by atoms with Gasteiger partial charge in [0, 0.05) is 18.8 Å². The quantitative estimate of drug-likeness (QED) is 0.859. The summed E-state index contributed by atoms with van der Waals surface area (Å²) in [7, 11) is 0. The first-order chi connectivity index (χ1) is 8.62. The number of anilines is 1. The number of ether oxygens (including phenoxy) is 1. The predicted molar refractivity (Wildman–Crippen MR) is 64.7 cm³/mol. The maximum absolute atomic E-state index is 13.4. The monoisotopic (exact) mass is 250 g/mol. The molecule has 0 saturated carbocycles. The van der Waals surface area contributed by atoms with E-state index in [2.05, 4.69) is 0 Å². The van der Waals surface area contributed by atoms with E-state index < -0.39 is 5.82 Å². The van der Waals surface area contributed by atoms with Crippen molar-refractivity contribution in [3.63, 3.8) is 0 Å². The molecule has 1 heterocycles. The summed E-state index contributed by atoms with van der Waals surface area (Å²) in [5.41, 5.74) is 0.949. The minimum Gasteiger partial charge on any atom is -0.394 e. The number of rotatable bonds is 2. The molecule has 1 aliphatic heterocycles. The molecule has 0 radical (unpaired) electrons. The van der Waals surface area contributed by atoms with Crippen LogP contribution >= 0.6 is 0 Å². The molecule has 1 N–H and O–H groups in total. The molecule has 2 unspecified atom stereocenters. The van der Waals surface area contributed by atoms with Crippen LogP contribution in [0.4, 0.5) is 10.1 Å². The number of nitriles is 1. The highest BCUT2D eigenvalue weighted by molar-refractivity contribution is 5.52. The average molecular weight is 250 g/mol. The van der Waals surface area contributed by atoms with E-state index in [1.165, 1.54) is 12.1 Å². The first-order valence-corrected chi connectivity index (χ1v) is 5.84. The van der Waals surface area contributed by atoms with Crippen LogP contribution in [0.25, 0.3) is 0 Å². The second kappa shape index (κ2) is 5.34. The van der Waals surface area contributed by atoms with Crippen LogP contribution in [0, 0.1) is 17.1 Å². The number of benzene rings is 1. The Balaban J connectivity index is 2.25. The van der Waals surface area contributed by atoms with Gasteiger partial charge in [-0.05, 0) is 25.1 Å². The summed E-state index contributed by atoms with van der Waals surface area (Å²) in [4.78, 5) is 1.93. The third-order valence-electron chi connectivity index (χ3n) is 2.91. The van der Waals surface area contributed by atoms with Gasteiger partial charge in [0.2, 0.25) is 0 Å². The third kappa shape index (κ3) is 2.78. The number of halogens is 1. The van der Waals surface area contributed by atoms with Gasteiger partial charge in [0.15, 0.2) is 0 Å². The maximum Gasteiger partial charge on any atom is 0.126 e. The molecule has 1 aromatic carbocycles. The molecule has 0 amide bonds. The van der Waals surface area contributed by atoms with E-state index in [4.69, 9.17) is 15.1 Å². The van der Waals surface area contributed by atoms with Gasteiger partial charge in [-0.2, -0.15) is 5.26 Å². The van der Waals surface area contributed by atoms with Crippen molar-refractivity contribution in [2.75, 3.05) is 24.6 Å². The maximum atomic E-state index is 13.4. The van der Waals surface area contributed by atoms with E-state index in [9.17, 15) is 4.39 Å². The Kier molecular flexibility index (Phi) is 3.80. The highest BCUT2D eigenvalue weighted by Crippen LogP contribution is 2.22. The number of hydrogen-bond donors (Lipinski definition) is 1. The molecule has 2 atom stereocenters. The summed E-state index contributed by atoms with van der Waals surface area (Å²) in [5.74, 6) is -0.427. The van der Waals surface area contributed by atoms with Gasteiger partial charge >= 0.3 is 0 Å². The molecular formula is C13H15FN2O2. The van der Waals surface area contributed by atoms with Crippen molar-refractivity contribution in [2.24, 2.45) is 0 Å². The Bertz CT molecular complexity index is 473. The summed E-state index contributed by atoms with van der Waals surface area (Å²) >= 11 is 0. The lowest BCUT2D eigenvalue weighted by Gasteiger charge is -2.37. The van der Waals surface area contributed by atoms with Crippen molar-refractivity contribution in [1.82, 2.24) is 0 Å². The van der Waals surface area contributed by atoms with Crippen molar-refractivity contribution >= 4 is 5.69 Å². The molecule has 0 bridgehead atoms. The smallest absolute Gasteiger partial charge is 0.126 e. The van der Waals surface area contributed by atoms with E-state index in [-0.39, 0.29) is 18.8 Å². The van der Waals surface area contributed by atoms with E-state index in [1.807, 2.05) is 17.9 Å². The zero-order valence-corrected chi connectivity index (χ0v) is 10.1. The molecule has 5 heteroatoms. The molecule has 1 saturated heterocycles. The van der Waals surface area contributed by atoms with Crippen molar-refractivity contribution in [3.05, 3.63) is 29.6 Å². The lowest BCUT2D eigenvalue weighted by Crippen LogP contribution is -2.48. The summed E-state index contributed by atoms with van der Waals surface area (Å²) in [6.07, 6.45) is -0.313. The second-order valence-electron chi connectivity index (χ2n) is 4.47. The fourth-order valence-electron chi connectivity index (χ4n) is 2.18. The van der Waals surface area contributed by atoms with Gasteiger partial charge in [-0.15, -0.1) is 0 Å². The molecule has 0 aromatic heterocycles. The number of aliphatic hydroxyl groups is 1. The van der Waals surface area contributed by atoms with Gasteiger partial charge in [0.1, 0.15) is 5.82 Å². The van der Waals surface area contributed by atoms with E-state index in [0.717, 1.165) is 0 Å². The summed E-state index contributed by atoms with van der Waals surface area (Å²) in [6, 6.07) is 6.19. The minimum atomic E-state index is -0.427. The van der Waals surface area contributed by atoms with Crippen LogP contribution in [0.3, 0.4) is 0 Å². The lowest BCUT2D eigenvalue weighted by atomic mass is 10.1. The van der Waals surface area contributed by atoms with Crippen LogP contribution < -0.4 is 4.90 Å². The predicted octanol–water partition coefficient (Wildman–Crippen LogP) is 1.28. The van der Waals surface area contributed by atoms with Crippen molar-refractivity contribution in [3.8, 4) is 6.07 Å². The zero-order valence-electron chi connectivity index (χ0n) is 10.1. The van der Waals surface area contributed by atoms with Gasteiger partial charge in [-0.1, -0.05) is 0 Å². The highest BCUT2D eigenvalue weighted by atomic mass is 19.1. The van der Waals surface area contributed by atoms with Gasteiger partial charge in [-0.3, -0.25) is 0 Å². The van der Waals surface area contributed by atoms with Gasteiger partial charge in [-0.25, -0.2) is 4.39 Å². The summed E-state index contributed by atoms with van der Waals surface area (Å²) in [6.45, 7) is 2.95. The average Bonchev–Trinajstić information content (AvgIpc) is 2.37. The topological polar surface area (TPSA) is 56.5 Å². The SMILES string of the molecule is CC1CN(c2cc(F)cc(C#N)c2)CC(CO)O1. The zero-order chi connectivity index (χ0) is 13.1. The summed E-state index contributed by atoms with van der Waals surface area (Å²) in [5, 5.41) is 18.0. The summed E-state index contributed by atoms with van der Waals surface area (Å²) < 4.78 is 18.9. The molecule has 2 rings (SSSR count). The van der Waals surface area contributed by atoms with E-state index in [0.29, 0.717) is 24.3 Å². The Morgan fingerprint density at radius 2 is 2.28 bits per heavy atom. The molecule has 0 aliphatic carbocycles. The molecule has 96 valence electrons. The van der Waals surface area contributed by atoms with E-state index in [1.54, 1.807) is 6.07 Å². The molecule has 1 aliphatic rings. The van der Waals surface area contributed by atoms with Crippen molar-refractivity contribution < 1.29 is 14.2 Å². The highest BCUT2D eigenvalue weighted by Gasteiger charge is 2.25. The van der Waals surface area contributed by atoms with Gasteiger partial charge in [0.25, 0.3) is 0 Å². The van der Waals surface area contributed by atoms with E-state index >= 15 is 0 Å². The fraction of sp³-hybridized carbons (Fsp3) is 0.462. The molecule has 18 heavy (non-hydrogen) atoms. The van der Waals surface area contributed by atoms with Crippen LogP contribution in [0.15, 0.2) is 18.2 Å². The largest absolute Gasteiger partial charge is 0.394 e.